The van der Waals surface area contributed by atoms with Crippen LogP contribution in [0.1, 0.15) is 22.3 Å². The molecule has 3 heteroatoms. The fourth-order valence-corrected chi connectivity index (χ4v) is 18.2. The minimum atomic E-state index is -2.79. The average molecular weight is 983 g/mol. The SMILES string of the molecule is c1ccc(C2(c3ccccc3)c3ccccc3-c3ccc(-c4cccc5c6ccccc6n(-c6ccc7c(c6)c6ccccc6n7-c6cccc([Si](c7ccccc7)(c7ccccc7)c7ccccc7)c6)c45)cc32)cc1. The maximum atomic E-state index is 2.52. The first-order valence-electron chi connectivity index (χ1n) is 26.4. The van der Waals surface area contributed by atoms with Crippen molar-refractivity contribution < 1.29 is 0 Å². The zero-order chi connectivity index (χ0) is 50.2. The number of hydrogen-bond donors (Lipinski definition) is 0. The smallest absolute Gasteiger partial charge is 0.179 e. The molecule has 2 heterocycles. The highest BCUT2D eigenvalue weighted by Crippen LogP contribution is 2.57. The van der Waals surface area contributed by atoms with Crippen molar-refractivity contribution >= 4 is 72.4 Å². The summed E-state index contributed by atoms with van der Waals surface area (Å²) in [6, 6.07) is 113. The molecule has 2 aromatic heterocycles. The minimum Gasteiger partial charge on any atom is -0.309 e. The Kier molecular flexibility index (Phi) is 10.2. The Labute approximate surface area is 443 Å². The van der Waals surface area contributed by atoms with Gasteiger partial charge in [-0.15, -0.1) is 0 Å². The molecule has 0 unspecified atom stereocenters. The number of para-hydroxylation sites is 3. The molecular formula is C73H50N2Si. The summed E-state index contributed by atoms with van der Waals surface area (Å²) in [6.07, 6.45) is 0. The molecule has 356 valence electrons. The normalized spacial score (nSPS) is 12.8. The summed E-state index contributed by atoms with van der Waals surface area (Å²) in [5, 5.41) is 10.3. The summed E-state index contributed by atoms with van der Waals surface area (Å²) in [5.41, 5.74) is 16.6. The van der Waals surface area contributed by atoms with Crippen LogP contribution in [-0.4, -0.2) is 17.2 Å². The summed E-state index contributed by atoms with van der Waals surface area (Å²) < 4.78 is 5.01. The molecule has 15 rings (SSSR count). The Hall–Kier alpha value is -9.54. The molecule has 76 heavy (non-hydrogen) atoms. The number of benzene rings is 12. The zero-order valence-electron chi connectivity index (χ0n) is 41.8. The second kappa shape index (κ2) is 17.6. The van der Waals surface area contributed by atoms with E-state index >= 15 is 0 Å². The van der Waals surface area contributed by atoms with Gasteiger partial charge in [-0.25, -0.2) is 0 Å². The van der Waals surface area contributed by atoms with Crippen molar-refractivity contribution in [2.24, 2.45) is 0 Å². The van der Waals surface area contributed by atoms with Gasteiger partial charge < -0.3 is 9.13 Å². The Morgan fingerprint density at radius 3 is 1.37 bits per heavy atom. The number of hydrogen-bond acceptors (Lipinski definition) is 0. The van der Waals surface area contributed by atoms with E-state index in [4.69, 9.17) is 0 Å². The molecule has 12 aromatic carbocycles. The van der Waals surface area contributed by atoms with Crippen molar-refractivity contribution in [1.29, 1.82) is 0 Å². The van der Waals surface area contributed by atoms with E-state index in [2.05, 4.69) is 312 Å². The van der Waals surface area contributed by atoms with Gasteiger partial charge in [0.05, 0.1) is 27.5 Å². The Bertz CT molecular complexity index is 4360. The summed E-state index contributed by atoms with van der Waals surface area (Å²) in [4.78, 5) is 0. The summed E-state index contributed by atoms with van der Waals surface area (Å²) >= 11 is 0. The lowest BCUT2D eigenvalue weighted by molar-refractivity contribution is 0.769. The van der Waals surface area contributed by atoms with E-state index < -0.39 is 13.5 Å². The molecule has 14 aromatic rings. The van der Waals surface area contributed by atoms with Gasteiger partial charge in [0.1, 0.15) is 0 Å². The molecule has 0 atom stereocenters. The van der Waals surface area contributed by atoms with Gasteiger partial charge in [0.25, 0.3) is 0 Å². The highest BCUT2D eigenvalue weighted by atomic mass is 28.3. The third kappa shape index (κ3) is 6.40. The van der Waals surface area contributed by atoms with Crippen LogP contribution < -0.4 is 20.7 Å². The van der Waals surface area contributed by atoms with Crippen molar-refractivity contribution in [3.05, 3.63) is 326 Å². The summed E-state index contributed by atoms with van der Waals surface area (Å²) in [7, 11) is -2.79. The third-order valence-corrected chi connectivity index (χ3v) is 21.3. The lowest BCUT2D eigenvalue weighted by Gasteiger charge is -2.34. The number of aromatic nitrogens is 2. The van der Waals surface area contributed by atoms with Gasteiger partial charge in [-0.1, -0.05) is 255 Å². The van der Waals surface area contributed by atoms with Crippen LogP contribution in [0.5, 0.6) is 0 Å². The summed E-state index contributed by atoms with van der Waals surface area (Å²) in [5.74, 6) is 0. The molecule has 0 radical (unpaired) electrons. The fourth-order valence-electron chi connectivity index (χ4n) is 13.5. The lowest BCUT2D eigenvalue weighted by atomic mass is 9.67. The quantitative estimate of drug-likeness (QED) is 0.101. The van der Waals surface area contributed by atoms with Gasteiger partial charge in [0.15, 0.2) is 8.07 Å². The van der Waals surface area contributed by atoms with Gasteiger partial charge >= 0.3 is 0 Å². The van der Waals surface area contributed by atoms with Crippen LogP contribution in [0.25, 0.3) is 77.2 Å². The molecule has 0 aliphatic heterocycles. The van der Waals surface area contributed by atoms with Crippen molar-refractivity contribution in [2.75, 3.05) is 0 Å². The van der Waals surface area contributed by atoms with Crippen LogP contribution in [0.4, 0.5) is 0 Å². The molecule has 0 bridgehead atoms. The topological polar surface area (TPSA) is 9.86 Å². The number of nitrogens with zero attached hydrogens (tertiary/aromatic N) is 2. The van der Waals surface area contributed by atoms with E-state index in [1.165, 1.54) is 109 Å². The Balaban J connectivity index is 0.943. The van der Waals surface area contributed by atoms with Gasteiger partial charge in [0.2, 0.25) is 0 Å². The molecule has 0 spiro atoms. The standard InChI is InChI=1S/C73H50N2Si/c1-6-24-52(25-7-1)73(53-26-8-2-9-27-53)67-41-19-16-36-61(67)62-46-44-51(48-68(62)73)60-39-23-40-65-63-37-17-21-43-70(63)75(72(60)65)55-45-47-71-66(50-55)64-38-18-20-42-69(64)74(71)54-28-22-35-59(49-54)76(56-29-10-3-11-30-56,57-31-12-4-13-32-57)58-33-14-5-15-34-58/h1-50H. The van der Waals surface area contributed by atoms with Crippen molar-refractivity contribution in [3.8, 4) is 33.6 Å². The van der Waals surface area contributed by atoms with Crippen LogP contribution in [-0.2, 0) is 5.41 Å². The summed E-state index contributed by atoms with van der Waals surface area (Å²) in [6.45, 7) is 0. The first-order valence-corrected chi connectivity index (χ1v) is 28.4. The first-order chi connectivity index (χ1) is 37.7. The molecular weight excluding hydrogens is 933 g/mol. The van der Waals surface area contributed by atoms with E-state index in [1.54, 1.807) is 0 Å². The third-order valence-electron chi connectivity index (χ3n) is 16.5. The van der Waals surface area contributed by atoms with E-state index in [1.807, 2.05) is 0 Å². The van der Waals surface area contributed by atoms with E-state index in [0.29, 0.717) is 0 Å². The van der Waals surface area contributed by atoms with Crippen molar-refractivity contribution in [2.45, 2.75) is 5.41 Å². The number of rotatable bonds is 9. The largest absolute Gasteiger partial charge is 0.309 e. The Morgan fingerprint density at radius 1 is 0.263 bits per heavy atom. The Morgan fingerprint density at radius 2 is 0.724 bits per heavy atom. The first kappa shape index (κ1) is 44.0. The van der Waals surface area contributed by atoms with Crippen LogP contribution in [0.2, 0.25) is 0 Å². The van der Waals surface area contributed by atoms with Crippen LogP contribution in [0.15, 0.2) is 303 Å². The maximum Gasteiger partial charge on any atom is 0.179 e. The van der Waals surface area contributed by atoms with E-state index in [0.717, 1.165) is 11.4 Å². The second-order valence-corrected chi connectivity index (χ2v) is 24.1. The van der Waals surface area contributed by atoms with Gasteiger partial charge in [-0.2, -0.15) is 0 Å². The van der Waals surface area contributed by atoms with Crippen LogP contribution in [0, 0.1) is 0 Å². The molecule has 0 saturated carbocycles. The fraction of sp³-hybridized carbons (Fsp3) is 0.0137. The predicted octanol–water partition coefficient (Wildman–Crippen LogP) is 15.3. The molecule has 2 nitrogen and oxygen atoms in total. The van der Waals surface area contributed by atoms with Crippen LogP contribution in [0.3, 0.4) is 0 Å². The highest BCUT2D eigenvalue weighted by Gasteiger charge is 2.46. The van der Waals surface area contributed by atoms with Crippen molar-refractivity contribution in [3.63, 3.8) is 0 Å². The average Bonchev–Trinajstić information content (AvgIpc) is 4.22. The second-order valence-electron chi connectivity index (χ2n) is 20.3. The highest BCUT2D eigenvalue weighted by molar-refractivity contribution is 7.19. The molecule has 1 aliphatic rings. The monoisotopic (exact) mass is 982 g/mol. The molecule has 0 amide bonds. The zero-order valence-corrected chi connectivity index (χ0v) is 42.8. The van der Waals surface area contributed by atoms with Crippen molar-refractivity contribution in [1.82, 2.24) is 9.13 Å². The maximum absolute atomic E-state index is 2.79. The number of fused-ring (bicyclic) bond motifs is 9. The molecule has 0 saturated heterocycles. The minimum absolute atomic E-state index is 0.502. The molecule has 0 fully saturated rings. The lowest BCUT2D eigenvalue weighted by Crippen LogP contribution is -2.74. The van der Waals surface area contributed by atoms with Gasteiger partial charge in [-0.3, -0.25) is 0 Å². The van der Waals surface area contributed by atoms with E-state index in [9.17, 15) is 0 Å². The van der Waals surface area contributed by atoms with Gasteiger partial charge in [-0.05, 0) is 108 Å². The van der Waals surface area contributed by atoms with Gasteiger partial charge in [0, 0.05) is 38.5 Å². The predicted molar refractivity (Wildman–Crippen MR) is 321 cm³/mol. The van der Waals surface area contributed by atoms with E-state index in [-0.39, 0.29) is 0 Å². The molecule has 0 N–H and O–H groups in total. The molecule has 1 aliphatic carbocycles. The van der Waals surface area contributed by atoms with Crippen LogP contribution >= 0.6 is 0 Å².